The van der Waals surface area contributed by atoms with E-state index in [1.165, 1.54) is 17.0 Å². The average molecular weight is 470 g/mol. The van der Waals surface area contributed by atoms with Gasteiger partial charge in [0.1, 0.15) is 5.82 Å². The molecule has 10 nitrogen and oxygen atoms in total. The van der Waals surface area contributed by atoms with Crippen LogP contribution in [0.15, 0.2) is 47.5 Å². The van der Waals surface area contributed by atoms with Crippen molar-refractivity contribution in [2.75, 3.05) is 31.1 Å². The molecule has 4 rings (SSSR count). The molecular weight excluding hydrogens is 438 g/mol. The molecule has 2 aromatic rings. The van der Waals surface area contributed by atoms with Gasteiger partial charge in [-0.05, 0) is 24.3 Å². The van der Waals surface area contributed by atoms with Crippen LogP contribution in [0.2, 0.25) is 0 Å². The fourth-order valence-electron chi connectivity index (χ4n) is 4.58. The largest absolute Gasteiger partial charge is 0.465 e. The molecule has 0 radical (unpaired) electrons. The number of anilines is 1. The summed E-state index contributed by atoms with van der Waals surface area (Å²) >= 11 is 0. The quantitative estimate of drug-likeness (QED) is 0.557. The van der Waals surface area contributed by atoms with Crippen LogP contribution in [0.5, 0.6) is 0 Å². The van der Waals surface area contributed by atoms with E-state index in [-0.39, 0.29) is 30.0 Å². The van der Waals surface area contributed by atoms with Crippen LogP contribution in [0.4, 0.5) is 10.6 Å². The highest BCUT2D eigenvalue weighted by Crippen LogP contribution is 2.26. The first-order valence-corrected chi connectivity index (χ1v) is 11.6. The topological polar surface area (TPSA) is 128 Å². The van der Waals surface area contributed by atoms with Crippen LogP contribution in [-0.2, 0) is 11.3 Å². The predicted octanol–water partition coefficient (Wildman–Crippen LogP) is 1.25. The summed E-state index contributed by atoms with van der Waals surface area (Å²) in [5.41, 5.74) is -0.225. The van der Waals surface area contributed by atoms with E-state index in [4.69, 9.17) is 5.11 Å². The molecule has 10 heteroatoms. The van der Waals surface area contributed by atoms with E-state index < -0.39 is 11.7 Å². The summed E-state index contributed by atoms with van der Waals surface area (Å²) in [5.74, 6) is 0.690. The Labute approximate surface area is 197 Å². The van der Waals surface area contributed by atoms with Crippen LogP contribution in [0.3, 0.4) is 0 Å². The highest BCUT2D eigenvalue weighted by Gasteiger charge is 2.35. The number of hydrogen-bond acceptors (Lipinski definition) is 6. The summed E-state index contributed by atoms with van der Waals surface area (Å²) in [5, 5.41) is 22.2. The van der Waals surface area contributed by atoms with E-state index >= 15 is 0 Å². The van der Waals surface area contributed by atoms with Gasteiger partial charge in [0.25, 0.3) is 5.56 Å². The van der Waals surface area contributed by atoms with Crippen LogP contribution < -0.4 is 15.8 Å². The molecule has 3 N–H and O–H groups in total. The maximum atomic E-state index is 12.8. The second-order valence-corrected chi connectivity index (χ2v) is 9.39. The molecule has 0 spiro atoms. The molecule has 2 saturated heterocycles. The van der Waals surface area contributed by atoms with Gasteiger partial charge < -0.3 is 25.3 Å². The number of nitrogens with one attached hydrogen (secondary N) is 1. The van der Waals surface area contributed by atoms with Crippen molar-refractivity contribution in [1.29, 1.82) is 0 Å². The monoisotopic (exact) mass is 469 g/mol. The standard InChI is InChI=1S/C24H31N5O5/c1-17(18-5-3-2-4-6-18)11-21(30)27-9-7-24(34,8-10-27)15-29-16-25-20(12-22(29)31)28-13-19(14-28)26-23(32)33/h2-6,12,16-17,19,26,34H,7-11,13-15H2,1H3,(H,32,33). The van der Waals surface area contributed by atoms with E-state index in [0.29, 0.717) is 51.3 Å². The van der Waals surface area contributed by atoms with Crippen molar-refractivity contribution in [3.05, 3.63) is 58.6 Å². The van der Waals surface area contributed by atoms with Gasteiger partial charge in [-0.15, -0.1) is 0 Å². The first kappa shape index (κ1) is 23.7. The van der Waals surface area contributed by atoms with E-state index in [1.807, 2.05) is 42.2 Å². The van der Waals surface area contributed by atoms with Gasteiger partial charge in [-0.25, -0.2) is 9.78 Å². The summed E-state index contributed by atoms with van der Waals surface area (Å²) in [6, 6.07) is 11.2. The Balaban J connectivity index is 1.28. The number of aliphatic hydroxyl groups is 1. The van der Waals surface area contributed by atoms with Crippen molar-refractivity contribution in [2.45, 2.75) is 50.3 Å². The lowest BCUT2D eigenvalue weighted by atomic mass is 9.90. The first-order valence-electron chi connectivity index (χ1n) is 11.6. The molecule has 1 aromatic heterocycles. The van der Waals surface area contributed by atoms with Gasteiger partial charge in [0.05, 0.1) is 24.5 Å². The Bertz CT molecular complexity index is 1070. The minimum absolute atomic E-state index is 0.0758. The number of hydrogen-bond donors (Lipinski definition) is 3. The molecule has 0 saturated carbocycles. The predicted molar refractivity (Wildman–Crippen MR) is 126 cm³/mol. The number of nitrogens with zero attached hydrogens (tertiary/aromatic N) is 4. The number of piperidine rings is 1. The SMILES string of the molecule is CC(CC(=O)N1CCC(O)(Cn2cnc(N3CC(NC(=O)O)C3)cc2=O)CC1)c1ccccc1. The van der Waals surface area contributed by atoms with Gasteiger partial charge in [-0.2, -0.15) is 0 Å². The van der Waals surface area contributed by atoms with Gasteiger partial charge in [0, 0.05) is 38.7 Å². The second kappa shape index (κ2) is 9.84. The summed E-state index contributed by atoms with van der Waals surface area (Å²) in [7, 11) is 0. The minimum Gasteiger partial charge on any atom is -0.465 e. The molecule has 1 aromatic carbocycles. The highest BCUT2D eigenvalue weighted by molar-refractivity contribution is 5.77. The minimum atomic E-state index is -1.08. The molecule has 182 valence electrons. The van der Waals surface area contributed by atoms with Gasteiger partial charge in [-0.3, -0.25) is 14.2 Å². The van der Waals surface area contributed by atoms with Crippen molar-refractivity contribution in [2.24, 2.45) is 0 Å². The average Bonchev–Trinajstić information content (AvgIpc) is 2.78. The zero-order valence-corrected chi connectivity index (χ0v) is 19.3. The fourth-order valence-corrected chi connectivity index (χ4v) is 4.58. The van der Waals surface area contributed by atoms with E-state index in [2.05, 4.69) is 10.3 Å². The Morgan fingerprint density at radius 2 is 1.88 bits per heavy atom. The second-order valence-electron chi connectivity index (χ2n) is 9.39. The Hall–Kier alpha value is -3.40. The molecule has 0 aliphatic carbocycles. The Morgan fingerprint density at radius 1 is 1.21 bits per heavy atom. The third-order valence-electron chi connectivity index (χ3n) is 6.76. The third-order valence-corrected chi connectivity index (χ3v) is 6.76. The maximum Gasteiger partial charge on any atom is 0.405 e. The number of rotatable bonds is 7. The number of carbonyl (C=O) groups is 2. The number of carboxylic acid groups (broad SMARTS) is 1. The van der Waals surface area contributed by atoms with Gasteiger partial charge >= 0.3 is 6.09 Å². The van der Waals surface area contributed by atoms with E-state index in [9.17, 15) is 19.5 Å². The van der Waals surface area contributed by atoms with Gasteiger partial charge in [-0.1, -0.05) is 37.3 Å². The maximum absolute atomic E-state index is 12.8. The third kappa shape index (κ3) is 5.56. The normalized spacial score (nSPS) is 18.8. The molecule has 2 fully saturated rings. The van der Waals surface area contributed by atoms with E-state index in [0.717, 1.165) is 5.56 Å². The van der Waals surface area contributed by atoms with Crippen molar-refractivity contribution < 1.29 is 19.8 Å². The Kier molecular flexibility index (Phi) is 6.87. The first-order chi connectivity index (χ1) is 16.2. The molecule has 34 heavy (non-hydrogen) atoms. The lowest BCUT2D eigenvalue weighted by Gasteiger charge is -2.40. The smallest absolute Gasteiger partial charge is 0.405 e. The lowest BCUT2D eigenvalue weighted by Crippen LogP contribution is -2.59. The zero-order chi connectivity index (χ0) is 24.3. The Morgan fingerprint density at radius 3 is 2.50 bits per heavy atom. The summed E-state index contributed by atoms with van der Waals surface area (Å²) in [6.07, 6.45) is 1.56. The number of aromatic nitrogens is 2. The summed E-state index contributed by atoms with van der Waals surface area (Å²) in [4.78, 5) is 44.0. The highest BCUT2D eigenvalue weighted by atomic mass is 16.4. The molecule has 1 unspecified atom stereocenters. The van der Waals surface area contributed by atoms with Crippen LogP contribution in [0.25, 0.3) is 0 Å². The van der Waals surface area contributed by atoms with Gasteiger partial charge in [0.15, 0.2) is 0 Å². The summed E-state index contributed by atoms with van der Waals surface area (Å²) in [6.45, 7) is 3.97. The molecular formula is C24H31N5O5. The molecule has 2 aliphatic rings. The van der Waals surface area contributed by atoms with Crippen molar-refractivity contribution in [3.8, 4) is 0 Å². The van der Waals surface area contributed by atoms with Gasteiger partial charge in [0.2, 0.25) is 5.91 Å². The molecule has 1 atom stereocenters. The molecule has 2 amide bonds. The lowest BCUT2D eigenvalue weighted by molar-refractivity contribution is -0.136. The van der Waals surface area contributed by atoms with Crippen molar-refractivity contribution >= 4 is 17.8 Å². The zero-order valence-electron chi connectivity index (χ0n) is 19.3. The van der Waals surface area contributed by atoms with Crippen LogP contribution in [-0.4, -0.2) is 74.5 Å². The molecule has 3 heterocycles. The summed E-state index contributed by atoms with van der Waals surface area (Å²) < 4.78 is 1.39. The van der Waals surface area contributed by atoms with Crippen LogP contribution >= 0.6 is 0 Å². The van der Waals surface area contributed by atoms with Crippen LogP contribution in [0.1, 0.15) is 37.7 Å². The molecule has 0 bridgehead atoms. The van der Waals surface area contributed by atoms with E-state index in [1.54, 1.807) is 4.90 Å². The van der Waals surface area contributed by atoms with Crippen molar-refractivity contribution in [3.63, 3.8) is 0 Å². The number of benzene rings is 1. The van der Waals surface area contributed by atoms with Crippen LogP contribution in [0, 0.1) is 0 Å². The number of likely N-dealkylation sites (tertiary alicyclic amines) is 1. The van der Waals surface area contributed by atoms with Crippen molar-refractivity contribution in [1.82, 2.24) is 19.8 Å². The number of amides is 2. The molecule has 2 aliphatic heterocycles. The fraction of sp³-hybridized carbons (Fsp3) is 0.500. The number of carbonyl (C=O) groups excluding carboxylic acids is 1.